The molecule has 32 heavy (non-hydrogen) atoms. The molecule has 1 aromatic heterocycles. The summed E-state index contributed by atoms with van der Waals surface area (Å²) in [6, 6.07) is 12.9. The van der Waals surface area contributed by atoms with Crippen LogP contribution in [0.3, 0.4) is 0 Å². The summed E-state index contributed by atoms with van der Waals surface area (Å²) in [5.74, 6) is -2.15. The third-order valence-corrected chi connectivity index (χ3v) is 5.82. The molecule has 2 aromatic carbocycles. The van der Waals surface area contributed by atoms with E-state index in [1.807, 2.05) is 6.07 Å². The highest BCUT2D eigenvalue weighted by Crippen LogP contribution is 2.31. The topological polar surface area (TPSA) is 104 Å². The molecular formula is C24H28ClN3O4. The van der Waals surface area contributed by atoms with E-state index < -0.39 is 11.9 Å². The molecule has 0 radical (unpaired) electrons. The number of aromatic nitrogens is 1. The quantitative estimate of drug-likeness (QED) is 0.445. The number of rotatable bonds is 6. The van der Waals surface area contributed by atoms with Crippen LogP contribution in [0.2, 0.25) is 5.02 Å². The van der Waals surface area contributed by atoms with E-state index in [1.165, 1.54) is 27.6 Å². The molecule has 1 aliphatic heterocycles. The van der Waals surface area contributed by atoms with Gasteiger partial charge < -0.3 is 25.4 Å². The van der Waals surface area contributed by atoms with Gasteiger partial charge in [-0.3, -0.25) is 9.59 Å². The lowest BCUT2D eigenvalue weighted by Gasteiger charge is -2.16. The van der Waals surface area contributed by atoms with Gasteiger partial charge in [-0.15, -0.1) is 0 Å². The molecular weight excluding hydrogens is 430 g/mol. The van der Waals surface area contributed by atoms with Crippen molar-refractivity contribution >= 4 is 40.1 Å². The van der Waals surface area contributed by atoms with Gasteiger partial charge in [0, 0.05) is 30.7 Å². The Morgan fingerprint density at radius 3 is 2.50 bits per heavy atom. The first-order valence-corrected chi connectivity index (χ1v) is 11.0. The van der Waals surface area contributed by atoms with Gasteiger partial charge in [0.1, 0.15) is 0 Å². The number of nitrogens with one attached hydrogen (secondary N) is 2. The van der Waals surface area contributed by atoms with Crippen molar-refractivity contribution in [3.05, 3.63) is 64.3 Å². The van der Waals surface area contributed by atoms with Gasteiger partial charge in [0.2, 0.25) is 0 Å². The first-order valence-electron chi connectivity index (χ1n) is 10.6. The van der Waals surface area contributed by atoms with Crippen molar-refractivity contribution in [1.82, 2.24) is 9.88 Å². The number of aryl methyl sites for hydroxylation is 1. The Bertz CT molecular complexity index is 1100. The highest BCUT2D eigenvalue weighted by Gasteiger charge is 2.15. The summed E-state index contributed by atoms with van der Waals surface area (Å²) in [6.07, 6.45) is 3.61. The SMILES string of the molecule is Cn1ccc2c(CNc3c(Cl)ccc4c3CCNCC4)cccc21.O=C(O)CCC(=O)O. The number of benzene rings is 2. The highest BCUT2D eigenvalue weighted by molar-refractivity contribution is 6.33. The second-order valence-corrected chi connectivity index (χ2v) is 8.13. The third-order valence-electron chi connectivity index (χ3n) is 5.51. The molecule has 4 rings (SSSR count). The molecule has 0 saturated carbocycles. The first kappa shape index (κ1) is 23.6. The van der Waals surface area contributed by atoms with Crippen LogP contribution < -0.4 is 10.6 Å². The van der Waals surface area contributed by atoms with Gasteiger partial charge in [-0.25, -0.2) is 0 Å². The molecule has 170 valence electrons. The lowest BCUT2D eigenvalue weighted by atomic mass is 10.0. The van der Waals surface area contributed by atoms with E-state index in [4.69, 9.17) is 21.8 Å². The average molecular weight is 458 g/mol. The Labute approximate surface area is 192 Å². The summed E-state index contributed by atoms with van der Waals surface area (Å²) in [6.45, 7) is 2.83. The molecule has 2 heterocycles. The molecule has 3 aromatic rings. The predicted octanol–water partition coefficient (Wildman–Crippen LogP) is 4.07. The van der Waals surface area contributed by atoms with E-state index in [0.717, 1.165) is 43.2 Å². The van der Waals surface area contributed by atoms with Crippen LogP contribution in [0.25, 0.3) is 10.9 Å². The van der Waals surface area contributed by atoms with Gasteiger partial charge in [0.25, 0.3) is 0 Å². The summed E-state index contributed by atoms with van der Waals surface area (Å²) < 4.78 is 2.16. The fourth-order valence-electron chi connectivity index (χ4n) is 3.85. The molecule has 0 bridgehead atoms. The number of hydrogen-bond donors (Lipinski definition) is 4. The Morgan fingerprint density at radius 2 is 1.78 bits per heavy atom. The Morgan fingerprint density at radius 1 is 1.06 bits per heavy atom. The van der Waals surface area contributed by atoms with Gasteiger partial charge in [0.15, 0.2) is 0 Å². The zero-order chi connectivity index (χ0) is 23.1. The van der Waals surface area contributed by atoms with Crippen LogP contribution in [0, 0.1) is 0 Å². The maximum atomic E-state index is 9.64. The number of hydrogen-bond acceptors (Lipinski definition) is 4. The van der Waals surface area contributed by atoms with Crippen molar-refractivity contribution in [3.8, 4) is 0 Å². The van der Waals surface area contributed by atoms with E-state index >= 15 is 0 Å². The van der Waals surface area contributed by atoms with E-state index in [-0.39, 0.29) is 12.8 Å². The molecule has 0 atom stereocenters. The van der Waals surface area contributed by atoms with Crippen molar-refractivity contribution in [2.75, 3.05) is 18.4 Å². The van der Waals surface area contributed by atoms with Crippen molar-refractivity contribution in [1.29, 1.82) is 0 Å². The van der Waals surface area contributed by atoms with Crippen LogP contribution in [-0.2, 0) is 36.0 Å². The second kappa shape index (κ2) is 11.0. The summed E-state index contributed by atoms with van der Waals surface area (Å²) in [7, 11) is 2.08. The lowest BCUT2D eigenvalue weighted by Crippen LogP contribution is -2.16. The first-order chi connectivity index (χ1) is 15.4. The maximum absolute atomic E-state index is 9.64. The molecule has 0 unspecified atom stereocenters. The van der Waals surface area contributed by atoms with Gasteiger partial charge in [-0.05, 0) is 60.8 Å². The Hall–Kier alpha value is -3.03. The standard InChI is InChI=1S/C20H22ClN3.C4H6O4/c1-24-12-9-16-15(3-2-4-19(16)24)13-23-20-17-8-11-22-10-7-14(17)5-6-18(20)21;5-3(6)1-2-4(7)8/h2-6,9,12,22-23H,7-8,10-11,13H2,1H3;1-2H2,(H,5,6)(H,7,8). The van der Waals surface area contributed by atoms with Gasteiger partial charge in [-0.2, -0.15) is 0 Å². The molecule has 0 spiro atoms. The number of fused-ring (bicyclic) bond motifs is 2. The van der Waals surface area contributed by atoms with Crippen molar-refractivity contribution < 1.29 is 19.8 Å². The molecule has 0 saturated heterocycles. The van der Waals surface area contributed by atoms with Gasteiger partial charge in [-0.1, -0.05) is 29.8 Å². The van der Waals surface area contributed by atoms with E-state index in [9.17, 15) is 9.59 Å². The fraction of sp³-hybridized carbons (Fsp3) is 0.333. The van der Waals surface area contributed by atoms with Crippen LogP contribution in [0.5, 0.6) is 0 Å². The van der Waals surface area contributed by atoms with Crippen LogP contribution in [0.15, 0.2) is 42.6 Å². The number of carboxylic acid groups (broad SMARTS) is 2. The van der Waals surface area contributed by atoms with Gasteiger partial charge >= 0.3 is 11.9 Å². The minimum absolute atomic E-state index is 0.296. The molecule has 0 fully saturated rings. The average Bonchev–Trinajstić information content (AvgIpc) is 2.98. The van der Waals surface area contributed by atoms with E-state index in [1.54, 1.807) is 0 Å². The third kappa shape index (κ3) is 6.02. The second-order valence-electron chi connectivity index (χ2n) is 7.73. The van der Waals surface area contributed by atoms with Crippen LogP contribution >= 0.6 is 11.6 Å². The lowest BCUT2D eigenvalue weighted by molar-refractivity contribution is -0.143. The molecule has 0 aliphatic carbocycles. The summed E-state index contributed by atoms with van der Waals surface area (Å²) >= 11 is 6.52. The minimum atomic E-state index is -1.08. The maximum Gasteiger partial charge on any atom is 0.303 e. The Kier molecular flexibility index (Phi) is 8.14. The smallest absolute Gasteiger partial charge is 0.303 e. The van der Waals surface area contributed by atoms with E-state index in [0.29, 0.717) is 0 Å². The Balaban J connectivity index is 0.000000312. The van der Waals surface area contributed by atoms with Crippen molar-refractivity contribution in [2.24, 2.45) is 7.05 Å². The summed E-state index contributed by atoms with van der Waals surface area (Å²) in [5.41, 5.74) is 6.44. The van der Waals surface area contributed by atoms with Crippen LogP contribution in [0.4, 0.5) is 5.69 Å². The predicted molar refractivity (Wildman–Crippen MR) is 126 cm³/mol. The van der Waals surface area contributed by atoms with Crippen LogP contribution in [0.1, 0.15) is 29.5 Å². The molecule has 0 amide bonds. The largest absolute Gasteiger partial charge is 0.481 e. The highest BCUT2D eigenvalue weighted by atomic mass is 35.5. The number of halogens is 1. The number of aliphatic carboxylic acids is 2. The van der Waals surface area contributed by atoms with E-state index in [2.05, 4.69) is 58.8 Å². The molecule has 1 aliphatic rings. The number of anilines is 1. The molecule has 4 N–H and O–H groups in total. The monoisotopic (exact) mass is 457 g/mol. The molecule has 8 heteroatoms. The minimum Gasteiger partial charge on any atom is -0.481 e. The zero-order valence-corrected chi connectivity index (χ0v) is 18.8. The van der Waals surface area contributed by atoms with Crippen molar-refractivity contribution in [2.45, 2.75) is 32.2 Å². The normalized spacial score (nSPS) is 12.9. The summed E-state index contributed by atoms with van der Waals surface area (Å²) in [4.78, 5) is 19.3. The van der Waals surface area contributed by atoms with Gasteiger partial charge in [0.05, 0.1) is 23.6 Å². The van der Waals surface area contributed by atoms with Crippen LogP contribution in [-0.4, -0.2) is 39.8 Å². The number of nitrogens with zero attached hydrogens (tertiary/aromatic N) is 1. The number of carboxylic acids is 2. The molecule has 7 nitrogen and oxygen atoms in total. The fourth-order valence-corrected chi connectivity index (χ4v) is 4.10. The number of carbonyl (C=O) groups is 2. The summed E-state index contributed by atoms with van der Waals surface area (Å²) in [5, 5.41) is 25.0. The zero-order valence-electron chi connectivity index (χ0n) is 18.0. The van der Waals surface area contributed by atoms with Crippen molar-refractivity contribution in [3.63, 3.8) is 0 Å².